The lowest BCUT2D eigenvalue weighted by Gasteiger charge is -1.92. The maximum absolute atomic E-state index is 3.74. The number of nitrogens with zero attached hydrogens (tertiary/aromatic N) is 2. The Bertz CT molecular complexity index is 189. The molecule has 0 saturated carbocycles. The summed E-state index contributed by atoms with van der Waals surface area (Å²) in [7, 11) is 0. The molecule has 11 heavy (non-hydrogen) atoms. The third-order valence-corrected chi connectivity index (χ3v) is 1.79. The summed E-state index contributed by atoms with van der Waals surface area (Å²) in [4.78, 5) is 6.42. The van der Waals surface area contributed by atoms with Crippen LogP contribution in [-0.4, -0.2) is 11.2 Å². The van der Waals surface area contributed by atoms with Gasteiger partial charge in [0.1, 0.15) is 0 Å². The number of allylic oxidation sites excluding steroid dienone is 1. The van der Waals surface area contributed by atoms with E-state index in [4.69, 9.17) is 0 Å². The van der Waals surface area contributed by atoms with Crippen molar-refractivity contribution in [2.45, 2.75) is 0 Å². The minimum atomic E-state index is 1.47. The summed E-state index contributed by atoms with van der Waals surface area (Å²) in [5.41, 5.74) is 1.79. The Hall–Kier alpha value is -0.810. The van der Waals surface area contributed by atoms with Crippen LogP contribution in [0.3, 0.4) is 0 Å². The van der Waals surface area contributed by atoms with Gasteiger partial charge in [-0.1, -0.05) is 0 Å². The van der Waals surface area contributed by atoms with Gasteiger partial charge in [0.25, 0.3) is 0 Å². The van der Waals surface area contributed by atoms with Gasteiger partial charge in [-0.15, -0.1) is 11.3 Å². The molecule has 3 nitrogen and oxygen atoms in total. The van der Waals surface area contributed by atoms with Crippen LogP contribution in [-0.2, 0) is 0 Å². The minimum absolute atomic E-state index is 1.47. The van der Waals surface area contributed by atoms with Gasteiger partial charge in [0.15, 0.2) is 0 Å². The van der Waals surface area contributed by atoms with E-state index in [1.807, 2.05) is 16.9 Å². The predicted molar refractivity (Wildman–Crippen MR) is 50.5 cm³/mol. The van der Waals surface area contributed by atoms with E-state index in [2.05, 4.69) is 14.9 Å². The lowest BCUT2D eigenvalue weighted by atomic mass is 10.7. The van der Waals surface area contributed by atoms with Crippen molar-refractivity contribution in [2.24, 2.45) is 5.10 Å². The monoisotopic (exact) mass is 185 g/mol. The Morgan fingerprint density at radius 2 is 2.36 bits per heavy atom. The molecule has 0 atom stereocenters. The molecule has 1 aromatic heterocycles. The van der Waals surface area contributed by atoms with E-state index in [1.54, 1.807) is 29.3 Å². The standard InChI is InChI=1S/C3H4N2S.C3H3NS/c1-2-4-5-6-3-1;1-2-5-3-4-1/h1-3,5H;1-3H. The number of nitrogens with one attached hydrogen (secondary N) is 1. The molecular weight excluding hydrogens is 178 g/mol. The van der Waals surface area contributed by atoms with Crippen LogP contribution < -0.4 is 4.83 Å². The Balaban J connectivity index is 0.000000112. The first-order valence-electron chi connectivity index (χ1n) is 2.91. The van der Waals surface area contributed by atoms with Crippen molar-refractivity contribution >= 4 is 29.5 Å². The lowest BCUT2D eigenvalue weighted by molar-refractivity contribution is 1.13. The molecule has 5 heteroatoms. The molecule has 0 radical (unpaired) electrons. The molecule has 0 saturated heterocycles. The normalized spacial score (nSPS) is 13.1. The number of hydrogen-bond donors (Lipinski definition) is 1. The summed E-state index contributed by atoms with van der Waals surface area (Å²) in [5, 5.41) is 7.53. The zero-order valence-electron chi connectivity index (χ0n) is 5.68. The number of rotatable bonds is 0. The highest BCUT2D eigenvalue weighted by atomic mass is 32.2. The molecule has 1 aliphatic heterocycles. The van der Waals surface area contributed by atoms with Crippen molar-refractivity contribution in [3.05, 3.63) is 28.6 Å². The van der Waals surface area contributed by atoms with Crippen molar-refractivity contribution in [3.8, 4) is 0 Å². The van der Waals surface area contributed by atoms with Gasteiger partial charge in [0, 0.05) is 17.8 Å². The first-order chi connectivity index (χ1) is 5.50. The summed E-state index contributed by atoms with van der Waals surface area (Å²) in [5.74, 6) is 0. The second-order valence-electron chi connectivity index (χ2n) is 1.49. The summed E-state index contributed by atoms with van der Waals surface area (Å²) in [6, 6.07) is 0. The van der Waals surface area contributed by atoms with Crippen LogP contribution in [0.5, 0.6) is 0 Å². The van der Waals surface area contributed by atoms with Gasteiger partial charge in [-0.3, -0.25) is 4.98 Å². The quantitative estimate of drug-likeness (QED) is 0.627. The van der Waals surface area contributed by atoms with Crippen molar-refractivity contribution in [1.82, 2.24) is 9.82 Å². The van der Waals surface area contributed by atoms with Crippen LogP contribution in [0, 0.1) is 0 Å². The van der Waals surface area contributed by atoms with Crippen molar-refractivity contribution in [3.63, 3.8) is 0 Å². The molecule has 2 heterocycles. The smallest absolute Gasteiger partial charge is 0.0791 e. The van der Waals surface area contributed by atoms with Crippen molar-refractivity contribution in [2.75, 3.05) is 0 Å². The molecule has 58 valence electrons. The zero-order valence-corrected chi connectivity index (χ0v) is 7.31. The molecule has 0 unspecified atom stereocenters. The summed E-state index contributed by atoms with van der Waals surface area (Å²) in [6.07, 6.45) is 5.35. The number of hydrazone groups is 1. The van der Waals surface area contributed by atoms with Crippen molar-refractivity contribution in [1.29, 1.82) is 0 Å². The van der Waals surface area contributed by atoms with E-state index >= 15 is 0 Å². The molecule has 0 spiro atoms. The maximum Gasteiger partial charge on any atom is 0.0791 e. The molecule has 1 aliphatic rings. The Morgan fingerprint density at radius 3 is 2.55 bits per heavy atom. The van der Waals surface area contributed by atoms with E-state index in [9.17, 15) is 0 Å². The van der Waals surface area contributed by atoms with E-state index < -0.39 is 0 Å². The van der Waals surface area contributed by atoms with E-state index in [1.165, 1.54) is 11.9 Å². The van der Waals surface area contributed by atoms with Gasteiger partial charge in [0.05, 0.1) is 5.51 Å². The molecule has 0 aromatic carbocycles. The highest BCUT2D eigenvalue weighted by molar-refractivity contribution is 8.00. The summed E-state index contributed by atoms with van der Waals surface area (Å²) in [6.45, 7) is 0. The van der Waals surface area contributed by atoms with E-state index in [0.29, 0.717) is 0 Å². The molecule has 1 aromatic rings. The van der Waals surface area contributed by atoms with Gasteiger partial charge in [0.2, 0.25) is 0 Å². The predicted octanol–water partition coefficient (Wildman–Crippen LogP) is 1.88. The molecule has 0 amide bonds. The lowest BCUT2D eigenvalue weighted by Crippen LogP contribution is -1.91. The second-order valence-corrected chi connectivity index (χ2v) is 2.94. The van der Waals surface area contributed by atoms with Gasteiger partial charge in [-0.05, 0) is 23.4 Å². The molecule has 0 fully saturated rings. The summed E-state index contributed by atoms with van der Waals surface area (Å²) < 4.78 is 0. The number of thiazole rings is 1. The highest BCUT2D eigenvalue weighted by Gasteiger charge is 1.75. The fraction of sp³-hybridized carbons (Fsp3) is 0. The van der Waals surface area contributed by atoms with Gasteiger partial charge >= 0.3 is 0 Å². The first kappa shape index (κ1) is 8.29. The zero-order chi connectivity index (χ0) is 7.78. The van der Waals surface area contributed by atoms with Crippen LogP contribution in [0.25, 0.3) is 0 Å². The van der Waals surface area contributed by atoms with Crippen molar-refractivity contribution < 1.29 is 0 Å². The van der Waals surface area contributed by atoms with E-state index in [0.717, 1.165) is 0 Å². The van der Waals surface area contributed by atoms with Crippen LogP contribution >= 0.6 is 23.3 Å². The third-order valence-electron chi connectivity index (χ3n) is 0.760. The number of hydrogen-bond acceptors (Lipinski definition) is 5. The Kier molecular flexibility index (Phi) is 4.47. The molecule has 0 aliphatic carbocycles. The molecular formula is C6H7N3S2. The highest BCUT2D eigenvalue weighted by Crippen LogP contribution is 1.95. The number of aromatic nitrogens is 1. The largest absolute Gasteiger partial charge is 0.253 e. The topological polar surface area (TPSA) is 37.3 Å². The minimum Gasteiger partial charge on any atom is -0.253 e. The van der Waals surface area contributed by atoms with Crippen LogP contribution in [0.2, 0.25) is 0 Å². The Morgan fingerprint density at radius 1 is 1.36 bits per heavy atom. The van der Waals surface area contributed by atoms with Gasteiger partial charge in [-0.25, -0.2) is 4.83 Å². The first-order valence-corrected chi connectivity index (χ1v) is 4.73. The van der Waals surface area contributed by atoms with Crippen LogP contribution in [0.1, 0.15) is 0 Å². The Labute approximate surface area is 73.4 Å². The average molecular weight is 185 g/mol. The fourth-order valence-electron chi connectivity index (χ4n) is 0.384. The third kappa shape index (κ3) is 4.58. The average Bonchev–Trinajstić information content (AvgIpc) is 2.64. The van der Waals surface area contributed by atoms with Crippen LogP contribution in [0.15, 0.2) is 33.7 Å². The SMILES string of the molecule is C1=CSNN=C1.c1cscn1. The second kappa shape index (κ2) is 5.94. The molecule has 2 rings (SSSR count). The van der Waals surface area contributed by atoms with E-state index in [-0.39, 0.29) is 0 Å². The maximum atomic E-state index is 3.74. The fourth-order valence-corrected chi connectivity index (χ4v) is 1.07. The van der Waals surface area contributed by atoms with Gasteiger partial charge in [-0.2, -0.15) is 5.10 Å². The van der Waals surface area contributed by atoms with Gasteiger partial charge < -0.3 is 0 Å². The molecule has 1 N–H and O–H groups in total. The molecule has 0 bridgehead atoms. The summed E-state index contributed by atoms with van der Waals surface area (Å²) >= 11 is 3.07. The van der Waals surface area contributed by atoms with Crippen LogP contribution in [0.4, 0.5) is 0 Å².